The Morgan fingerprint density at radius 2 is 1.85 bits per heavy atom. The van der Waals surface area contributed by atoms with Gasteiger partial charge < -0.3 is 15.4 Å². The SMILES string of the molecule is CC(N)C1CCCCN1C(=O)c1ccc(OCc2ccccc2)cc1.Cl. The van der Waals surface area contributed by atoms with Crippen LogP contribution in [0.4, 0.5) is 0 Å². The fraction of sp³-hybridized carbons (Fsp3) is 0.381. The molecule has 5 heteroatoms. The van der Waals surface area contributed by atoms with Crippen molar-refractivity contribution in [1.82, 2.24) is 4.90 Å². The number of piperidine rings is 1. The normalized spacial score (nSPS) is 17.9. The first-order valence-electron chi connectivity index (χ1n) is 8.98. The summed E-state index contributed by atoms with van der Waals surface area (Å²) in [6.07, 6.45) is 3.18. The molecule has 1 saturated heterocycles. The zero-order chi connectivity index (χ0) is 17.6. The Bertz CT molecular complexity index is 689. The minimum absolute atomic E-state index is 0. The van der Waals surface area contributed by atoms with Gasteiger partial charge in [-0.25, -0.2) is 0 Å². The fourth-order valence-electron chi connectivity index (χ4n) is 3.36. The van der Waals surface area contributed by atoms with E-state index >= 15 is 0 Å². The molecule has 1 heterocycles. The van der Waals surface area contributed by atoms with E-state index in [0.29, 0.717) is 12.2 Å². The lowest BCUT2D eigenvalue weighted by Crippen LogP contribution is -2.51. The van der Waals surface area contributed by atoms with E-state index in [1.165, 1.54) is 0 Å². The number of carbonyl (C=O) groups excluding carboxylic acids is 1. The largest absolute Gasteiger partial charge is 0.489 e. The van der Waals surface area contributed by atoms with Crippen LogP contribution in [0.5, 0.6) is 5.75 Å². The van der Waals surface area contributed by atoms with Crippen molar-refractivity contribution in [1.29, 1.82) is 0 Å². The van der Waals surface area contributed by atoms with Crippen LogP contribution in [0.25, 0.3) is 0 Å². The predicted octanol–water partition coefficient (Wildman–Crippen LogP) is 4.03. The van der Waals surface area contributed by atoms with Crippen molar-refractivity contribution in [2.45, 2.75) is 44.9 Å². The third-order valence-electron chi connectivity index (χ3n) is 4.77. The Balaban J connectivity index is 0.00000243. The summed E-state index contributed by atoms with van der Waals surface area (Å²) in [5.74, 6) is 0.833. The maximum atomic E-state index is 12.8. The first-order valence-corrected chi connectivity index (χ1v) is 8.98. The van der Waals surface area contributed by atoms with E-state index in [-0.39, 0.29) is 30.4 Å². The average molecular weight is 375 g/mol. The van der Waals surface area contributed by atoms with Crippen LogP contribution in [-0.4, -0.2) is 29.4 Å². The number of likely N-dealkylation sites (tertiary alicyclic amines) is 1. The van der Waals surface area contributed by atoms with Crippen LogP contribution in [0, 0.1) is 0 Å². The molecule has 2 aromatic carbocycles. The van der Waals surface area contributed by atoms with Crippen molar-refractivity contribution in [3.05, 3.63) is 65.7 Å². The number of ether oxygens (including phenoxy) is 1. The van der Waals surface area contributed by atoms with Crippen LogP contribution in [0.3, 0.4) is 0 Å². The second-order valence-electron chi connectivity index (χ2n) is 6.72. The predicted molar refractivity (Wildman–Crippen MR) is 107 cm³/mol. The standard InChI is InChI=1S/C21H26N2O2.ClH/c1-16(22)20-9-5-6-14-23(20)21(24)18-10-12-19(13-11-18)25-15-17-7-3-2-4-8-17;/h2-4,7-8,10-13,16,20H,5-6,9,14-15,22H2,1H3;1H. The van der Waals surface area contributed by atoms with E-state index in [2.05, 4.69) is 0 Å². The van der Waals surface area contributed by atoms with Crippen LogP contribution in [0.15, 0.2) is 54.6 Å². The van der Waals surface area contributed by atoms with Crippen molar-refractivity contribution in [2.24, 2.45) is 5.73 Å². The molecule has 140 valence electrons. The van der Waals surface area contributed by atoms with Gasteiger partial charge >= 0.3 is 0 Å². The van der Waals surface area contributed by atoms with Gasteiger partial charge in [0.15, 0.2) is 0 Å². The van der Waals surface area contributed by atoms with E-state index in [9.17, 15) is 4.79 Å². The minimum Gasteiger partial charge on any atom is -0.489 e. The van der Waals surface area contributed by atoms with Gasteiger partial charge in [0.05, 0.1) is 0 Å². The second-order valence-corrected chi connectivity index (χ2v) is 6.72. The third kappa shape index (κ3) is 4.99. The number of hydrogen-bond acceptors (Lipinski definition) is 3. The molecular weight excluding hydrogens is 348 g/mol. The van der Waals surface area contributed by atoms with E-state index in [1.54, 1.807) is 0 Å². The van der Waals surface area contributed by atoms with Crippen LogP contribution in [0.2, 0.25) is 0 Å². The van der Waals surface area contributed by atoms with Crippen molar-refractivity contribution in [3.63, 3.8) is 0 Å². The molecule has 1 aliphatic heterocycles. The summed E-state index contributed by atoms with van der Waals surface area (Å²) in [7, 11) is 0. The molecular formula is C21H27ClN2O2. The Morgan fingerprint density at radius 1 is 1.15 bits per heavy atom. The maximum Gasteiger partial charge on any atom is 0.254 e. The Labute approximate surface area is 161 Å². The summed E-state index contributed by atoms with van der Waals surface area (Å²) in [5.41, 5.74) is 7.89. The monoisotopic (exact) mass is 374 g/mol. The Hall–Kier alpha value is -2.04. The smallest absolute Gasteiger partial charge is 0.254 e. The van der Waals surface area contributed by atoms with Crippen LogP contribution >= 0.6 is 12.4 Å². The molecule has 1 fully saturated rings. The summed E-state index contributed by atoms with van der Waals surface area (Å²) in [4.78, 5) is 14.8. The second kappa shape index (κ2) is 9.60. The molecule has 0 radical (unpaired) electrons. The molecule has 26 heavy (non-hydrogen) atoms. The quantitative estimate of drug-likeness (QED) is 0.859. The summed E-state index contributed by atoms with van der Waals surface area (Å²) in [6, 6.07) is 17.6. The lowest BCUT2D eigenvalue weighted by atomic mass is 9.96. The van der Waals surface area contributed by atoms with Gasteiger partial charge in [0.2, 0.25) is 0 Å². The molecule has 2 N–H and O–H groups in total. The van der Waals surface area contributed by atoms with E-state index in [4.69, 9.17) is 10.5 Å². The summed E-state index contributed by atoms with van der Waals surface area (Å²) in [6.45, 7) is 3.29. The van der Waals surface area contributed by atoms with E-state index in [0.717, 1.165) is 37.1 Å². The number of nitrogens with two attached hydrogens (primary N) is 1. The Kier molecular flexibility index (Phi) is 7.49. The van der Waals surface area contributed by atoms with Gasteiger partial charge in [0.25, 0.3) is 5.91 Å². The molecule has 0 bridgehead atoms. The molecule has 0 saturated carbocycles. The molecule has 1 aliphatic rings. The third-order valence-corrected chi connectivity index (χ3v) is 4.77. The van der Waals surface area contributed by atoms with E-state index < -0.39 is 0 Å². The minimum atomic E-state index is -0.00210. The topological polar surface area (TPSA) is 55.6 Å². The number of halogens is 1. The number of carbonyl (C=O) groups is 1. The molecule has 2 unspecified atom stereocenters. The lowest BCUT2D eigenvalue weighted by molar-refractivity contribution is 0.0584. The summed E-state index contributed by atoms with van der Waals surface area (Å²) >= 11 is 0. The van der Waals surface area contributed by atoms with Crippen molar-refractivity contribution in [2.75, 3.05) is 6.54 Å². The maximum absolute atomic E-state index is 12.8. The van der Waals surface area contributed by atoms with Crippen LogP contribution < -0.4 is 10.5 Å². The molecule has 0 aliphatic carbocycles. The number of nitrogens with zero attached hydrogens (tertiary/aromatic N) is 1. The van der Waals surface area contributed by atoms with Gasteiger partial charge in [0, 0.05) is 24.2 Å². The molecule has 3 rings (SSSR count). The molecule has 0 spiro atoms. The number of rotatable bonds is 5. The highest BCUT2D eigenvalue weighted by molar-refractivity contribution is 5.94. The zero-order valence-corrected chi connectivity index (χ0v) is 16.0. The van der Waals surface area contributed by atoms with Crippen molar-refractivity contribution >= 4 is 18.3 Å². The summed E-state index contributed by atoms with van der Waals surface area (Å²) in [5, 5.41) is 0. The van der Waals surface area contributed by atoms with Crippen LogP contribution in [-0.2, 0) is 6.61 Å². The van der Waals surface area contributed by atoms with Gasteiger partial charge in [-0.05, 0) is 56.0 Å². The molecule has 4 nitrogen and oxygen atoms in total. The highest BCUT2D eigenvalue weighted by atomic mass is 35.5. The Morgan fingerprint density at radius 3 is 2.50 bits per heavy atom. The first-order chi connectivity index (χ1) is 12.1. The van der Waals surface area contributed by atoms with E-state index in [1.807, 2.05) is 66.4 Å². The van der Waals surface area contributed by atoms with Gasteiger partial charge in [-0.15, -0.1) is 12.4 Å². The highest BCUT2D eigenvalue weighted by Gasteiger charge is 2.29. The number of hydrogen-bond donors (Lipinski definition) is 1. The molecule has 1 amide bonds. The van der Waals surface area contributed by atoms with Gasteiger partial charge in [0.1, 0.15) is 12.4 Å². The van der Waals surface area contributed by atoms with Crippen molar-refractivity contribution < 1.29 is 9.53 Å². The molecule has 2 aromatic rings. The van der Waals surface area contributed by atoms with Crippen molar-refractivity contribution in [3.8, 4) is 5.75 Å². The summed E-state index contributed by atoms with van der Waals surface area (Å²) < 4.78 is 5.79. The molecule has 2 atom stereocenters. The fourth-order valence-corrected chi connectivity index (χ4v) is 3.36. The van der Waals surface area contributed by atoms with Gasteiger partial charge in [-0.2, -0.15) is 0 Å². The van der Waals surface area contributed by atoms with Gasteiger partial charge in [-0.1, -0.05) is 30.3 Å². The van der Waals surface area contributed by atoms with Crippen LogP contribution in [0.1, 0.15) is 42.1 Å². The zero-order valence-electron chi connectivity index (χ0n) is 15.1. The number of benzene rings is 2. The lowest BCUT2D eigenvalue weighted by Gasteiger charge is -2.38. The average Bonchev–Trinajstić information content (AvgIpc) is 2.67. The number of amides is 1. The first kappa shape index (κ1) is 20.3. The van der Waals surface area contributed by atoms with Gasteiger partial charge in [-0.3, -0.25) is 4.79 Å². The highest BCUT2D eigenvalue weighted by Crippen LogP contribution is 2.22. The molecule has 0 aromatic heterocycles.